The Morgan fingerprint density at radius 3 is 2.61 bits per heavy atom. The zero-order valence-electron chi connectivity index (χ0n) is 18.1. The minimum absolute atomic E-state index is 0.0398. The van der Waals surface area contributed by atoms with Crippen LogP contribution >= 0.6 is 0 Å². The maximum absolute atomic E-state index is 13.0. The van der Waals surface area contributed by atoms with Gasteiger partial charge in [-0.3, -0.25) is 23.7 Å². The largest absolute Gasteiger partial charge is 0.501 e. The van der Waals surface area contributed by atoms with Gasteiger partial charge in [0.15, 0.2) is 5.69 Å². The first-order valence-corrected chi connectivity index (χ1v) is 10.1. The molecule has 0 aliphatic carbocycles. The summed E-state index contributed by atoms with van der Waals surface area (Å²) >= 11 is 0. The van der Waals surface area contributed by atoms with E-state index < -0.39 is 46.6 Å². The number of carbonyl (C=O) groups is 3. The van der Waals surface area contributed by atoms with E-state index in [2.05, 4.69) is 15.6 Å². The summed E-state index contributed by atoms with van der Waals surface area (Å²) in [5.74, 6) is -3.32. The molecule has 0 radical (unpaired) electrons. The number of nitrogens with one attached hydrogen (secondary N) is 2. The number of ether oxygens (including phenoxy) is 1. The van der Waals surface area contributed by atoms with Gasteiger partial charge in [0.25, 0.3) is 11.5 Å². The van der Waals surface area contributed by atoms with Crippen molar-refractivity contribution in [2.24, 2.45) is 0 Å². The van der Waals surface area contributed by atoms with Gasteiger partial charge in [-0.15, -0.1) is 0 Å². The normalized spacial score (nSPS) is 15.2. The topological polar surface area (TPSA) is 143 Å². The lowest BCUT2D eigenvalue weighted by Gasteiger charge is -2.16. The predicted octanol–water partition coefficient (Wildman–Crippen LogP) is -0.489. The van der Waals surface area contributed by atoms with E-state index in [1.54, 1.807) is 0 Å². The smallest absolute Gasteiger partial charge is 0.311 e. The highest BCUT2D eigenvalue weighted by molar-refractivity contribution is 6.34. The summed E-state index contributed by atoms with van der Waals surface area (Å²) in [6.45, 7) is 0.0744. The summed E-state index contributed by atoms with van der Waals surface area (Å²) < 4.78 is 19.9. The molecule has 1 aliphatic rings. The van der Waals surface area contributed by atoms with E-state index in [4.69, 9.17) is 4.74 Å². The number of nitrogens with zero attached hydrogens (tertiary/aromatic N) is 3. The van der Waals surface area contributed by atoms with Crippen molar-refractivity contribution in [2.45, 2.75) is 32.2 Å². The van der Waals surface area contributed by atoms with Crippen LogP contribution in [0.5, 0.6) is 5.75 Å². The number of halogens is 1. The second-order valence-corrected chi connectivity index (χ2v) is 7.62. The van der Waals surface area contributed by atoms with E-state index in [1.807, 2.05) is 0 Å². The fourth-order valence-corrected chi connectivity index (χ4v) is 3.15. The van der Waals surface area contributed by atoms with Gasteiger partial charge in [-0.25, -0.2) is 9.37 Å². The highest BCUT2D eigenvalue weighted by Gasteiger charge is 2.25. The average molecular weight is 461 g/mol. The van der Waals surface area contributed by atoms with E-state index in [1.165, 1.54) is 42.9 Å². The Labute approximate surface area is 188 Å². The maximum Gasteiger partial charge on any atom is 0.311 e. The summed E-state index contributed by atoms with van der Waals surface area (Å²) in [6.07, 6.45) is -0.205. The minimum atomic E-state index is -0.793. The number of aromatic nitrogens is 2. The molecule has 1 aromatic carbocycles. The molecular formula is C21H24FN5O6. The summed E-state index contributed by atoms with van der Waals surface area (Å²) in [4.78, 5) is 53.8. The van der Waals surface area contributed by atoms with Crippen LogP contribution in [0.3, 0.4) is 0 Å². The third-order valence-corrected chi connectivity index (χ3v) is 5.02. The molecule has 3 N–H and O–H groups in total. The molecule has 0 saturated heterocycles. The first-order valence-electron chi connectivity index (χ1n) is 10.1. The summed E-state index contributed by atoms with van der Waals surface area (Å²) in [7, 11) is 2.91. The van der Waals surface area contributed by atoms with Gasteiger partial charge in [0.05, 0.1) is 6.10 Å². The van der Waals surface area contributed by atoms with E-state index in [-0.39, 0.29) is 32.1 Å². The van der Waals surface area contributed by atoms with Crippen LogP contribution in [0, 0.1) is 5.82 Å². The molecule has 3 amide bonds. The van der Waals surface area contributed by atoms with Gasteiger partial charge in [-0.05, 0) is 24.1 Å². The number of rotatable bonds is 5. The molecule has 1 atom stereocenters. The van der Waals surface area contributed by atoms with Crippen LogP contribution in [0.1, 0.15) is 28.3 Å². The predicted molar refractivity (Wildman–Crippen MR) is 113 cm³/mol. The molecule has 3 rings (SSSR count). The molecule has 2 aromatic rings. The van der Waals surface area contributed by atoms with Gasteiger partial charge in [0.2, 0.25) is 5.75 Å². The van der Waals surface area contributed by atoms with Gasteiger partial charge < -0.3 is 25.4 Å². The molecule has 0 saturated carbocycles. The zero-order chi connectivity index (χ0) is 24.1. The molecule has 1 aromatic heterocycles. The van der Waals surface area contributed by atoms with Crippen molar-refractivity contribution in [3.8, 4) is 5.75 Å². The van der Waals surface area contributed by atoms with Crippen molar-refractivity contribution in [2.75, 3.05) is 20.6 Å². The highest BCUT2D eigenvalue weighted by Crippen LogP contribution is 2.16. The highest BCUT2D eigenvalue weighted by atomic mass is 19.1. The number of fused-ring (bicyclic) bond motifs is 1. The molecule has 33 heavy (non-hydrogen) atoms. The van der Waals surface area contributed by atoms with Crippen LogP contribution < -0.4 is 16.2 Å². The third kappa shape index (κ3) is 5.71. The Hall–Kier alpha value is -3.80. The quantitative estimate of drug-likeness (QED) is 0.510. The van der Waals surface area contributed by atoms with Gasteiger partial charge in [-0.2, -0.15) is 0 Å². The molecule has 0 bridgehead atoms. The van der Waals surface area contributed by atoms with Crippen LogP contribution in [0.15, 0.2) is 29.1 Å². The molecule has 11 nitrogen and oxygen atoms in total. The average Bonchev–Trinajstić information content (AvgIpc) is 3.01. The molecule has 0 unspecified atom stereocenters. The molecule has 0 fully saturated rings. The first-order chi connectivity index (χ1) is 15.7. The van der Waals surface area contributed by atoms with E-state index >= 15 is 0 Å². The molecule has 1 aliphatic heterocycles. The SMILES string of the molecule is CN(C)C(=O)C(=O)NC[C@H]1CCn2c(nc(C(=O)NCc3ccc(F)cc3)c(O)c2=O)CO1. The van der Waals surface area contributed by atoms with Crippen molar-refractivity contribution in [1.29, 1.82) is 0 Å². The lowest BCUT2D eigenvalue weighted by Crippen LogP contribution is -2.42. The Balaban J connectivity index is 1.67. The van der Waals surface area contributed by atoms with Gasteiger partial charge in [0.1, 0.15) is 18.2 Å². The summed E-state index contributed by atoms with van der Waals surface area (Å²) in [5.41, 5.74) is -0.611. The summed E-state index contributed by atoms with van der Waals surface area (Å²) in [5, 5.41) is 15.3. The number of hydrogen-bond donors (Lipinski definition) is 3. The molecule has 0 spiro atoms. The van der Waals surface area contributed by atoms with E-state index in [0.29, 0.717) is 12.0 Å². The number of likely N-dealkylation sites (N-methyl/N-ethyl adjacent to an activating group) is 1. The Morgan fingerprint density at radius 1 is 1.24 bits per heavy atom. The van der Waals surface area contributed by atoms with Gasteiger partial charge >= 0.3 is 11.8 Å². The fourth-order valence-electron chi connectivity index (χ4n) is 3.15. The summed E-state index contributed by atoms with van der Waals surface area (Å²) in [6, 6.07) is 5.48. The Bertz CT molecular complexity index is 1120. The number of benzene rings is 1. The standard InChI is InChI=1S/C21H24FN5O6/c1-26(2)21(32)19(30)24-10-14-7-8-27-15(11-33-14)25-16(17(28)20(27)31)18(29)23-9-12-3-5-13(22)6-4-12/h3-6,14,28H,7-11H2,1-2H3,(H,23,29)(H,24,30)/t14-/m1/s1. The second kappa shape index (κ2) is 10.2. The minimum Gasteiger partial charge on any atom is -0.501 e. The Kier molecular flexibility index (Phi) is 7.38. The van der Waals surface area contributed by atoms with Crippen LogP contribution in [0.2, 0.25) is 0 Å². The van der Waals surface area contributed by atoms with Crippen molar-refractivity contribution >= 4 is 17.7 Å². The van der Waals surface area contributed by atoms with Gasteiger partial charge in [0, 0.05) is 33.7 Å². The van der Waals surface area contributed by atoms with Crippen molar-refractivity contribution in [3.63, 3.8) is 0 Å². The number of hydrogen-bond acceptors (Lipinski definition) is 7. The third-order valence-electron chi connectivity index (χ3n) is 5.02. The van der Waals surface area contributed by atoms with Crippen LogP contribution in [-0.4, -0.2) is 64.0 Å². The lowest BCUT2D eigenvalue weighted by molar-refractivity contribution is -0.144. The maximum atomic E-state index is 13.0. The molecular weight excluding hydrogens is 437 g/mol. The number of amides is 3. The van der Waals surface area contributed by atoms with E-state index in [9.17, 15) is 28.7 Å². The van der Waals surface area contributed by atoms with Crippen molar-refractivity contribution in [1.82, 2.24) is 25.1 Å². The van der Waals surface area contributed by atoms with Crippen molar-refractivity contribution < 1.29 is 28.6 Å². The van der Waals surface area contributed by atoms with Crippen LogP contribution in [0.4, 0.5) is 4.39 Å². The molecule has 176 valence electrons. The lowest BCUT2D eigenvalue weighted by atomic mass is 10.2. The zero-order valence-corrected chi connectivity index (χ0v) is 18.1. The van der Waals surface area contributed by atoms with Crippen molar-refractivity contribution in [3.05, 3.63) is 57.5 Å². The van der Waals surface area contributed by atoms with Crippen LogP contribution in [-0.2, 0) is 34.0 Å². The number of aromatic hydroxyl groups is 1. The van der Waals surface area contributed by atoms with Gasteiger partial charge in [-0.1, -0.05) is 12.1 Å². The number of carbonyl (C=O) groups excluding carboxylic acids is 3. The van der Waals surface area contributed by atoms with Crippen LogP contribution in [0.25, 0.3) is 0 Å². The molecule has 2 heterocycles. The Morgan fingerprint density at radius 2 is 1.94 bits per heavy atom. The monoisotopic (exact) mass is 461 g/mol. The fraction of sp³-hybridized carbons (Fsp3) is 0.381. The first kappa shape index (κ1) is 23.9. The molecule has 12 heteroatoms. The van der Waals surface area contributed by atoms with E-state index in [0.717, 1.165) is 4.90 Å². The second-order valence-electron chi connectivity index (χ2n) is 7.62.